The molecule has 0 saturated heterocycles. The number of nitriles is 1. The molecule has 0 spiro atoms. The molecule has 0 saturated carbocycles. The topological polar surface area (TPSA) is 94.3 Å². The van der Waals surface area contributed by atoms with E-state index in [9.17, 15) is 9.59 Å². The molecule has 3 aromatic rings. The summed E-state index contributed by atoms with van der Waals surface area (Å²) in [6.07, 6.45) is 5.46. The summed E-state index contributed by atoms with van der Waals surface area (Å²) in [7, 11) is 3.93. The Hall–Kier alpha value is -3.96. The van der Waals surface area contributed by atoms with Gasteiger partial charge in [0.15, 0.2) is 0 Å². The van der Waals surface area contributed by atoms with Crippen molar-refractivity contribution >= 4 is 17.5 Å². The van der Waals surface area contributed by atoms with Crippen LogP contribution in [0.15, 0.2) is 67.3 Å². The highest BCUT2D eigenvalue weighted by Gasteiger charge is 2.17. The predicted molar refractivity (Wildman–Crippen MR) is 126 cm³/mol. The lowest BCUT2D eigenvalue weighted by molar-refractivity contribution is -0.116. The Bertz CT molecular complexity index is 1100. The van der Waals surface area contributed by atoms with E-state index in [1.54, 1.807) is 53.8 Å². The second kappa shape index (κ2) is 11.6. The van der Waals surface area contributed by atoms with Gasteiger partial charge in [-0.05, 0) is 50.0 Å². The Balaban J connectivity index is 1.68. The predicted octanol–water partition coefficient (Wildman–Crippen LogP) is 2.99. The van der Waals surface area contributed by atoms with Gasteiger partial charge in [-0.15, -0.1) is 0 Å². The fourth-order valence-corrected chi connectivity index (χ4v) is 3.26. The van der Waals surface area contributed by atoms with Gasteiger partial charge in [-0.2, -0.15) is 5.26 Å². The van der Waals surface area contributed by atoms with E-state index in [0.29, 0.717) is 49.4 Å². The number of aromatic nitrogens is 2. The summed E-state index contributed by atoms with van der Waals surface area (Å²) >= 11 is 0. The van der Waals surface area contributed by atoms with Crippen molar-refractivity contribution < 1.29 is 9.59 Å². The molecule has 0 aliphatic rings. The first-order valence-corrected chi connectivity index (χ1v) is 10.7. The van der Waals surface area contributed by atoms with Crippen LogP contribution < -0.4 is 5.32 Å². The zero-order chi connectivity index (χ0) is 23.6. The van der Waals surface area contributed by atoms with Gasteiger partial charge in [0, 0.05) is 56.2 Å². The maximum absolute atomic E-state index is 13.3. The van der Waals surface area contributed by atoms with Gasteiger partial charge in [-0.3, -0.25) is 9.59 Å². The number of anilines is 1. The molecule has 1 heterocycles. The van der Waals surface area contributed by atoms with Gasteiger partial charge in [-0.25, -0.2) is 4.98 Å². The quantitative estimate of drug-likeness (QED) is 0.519. The van der Waals surface area contributed by atoms with Crippen LogP contribution in [0.4, 0.5) is 5.69 Å². The molecule has 33 heavy (non-hydrogen) atoms. The smallest absolute Gasteiger partial charge is 0.254 e. The van der Waals surface area contributed by atoms with Gasteiger partial charge >= 0.3 is 0 Å². The molecule has 0 radical (unpaired) electrons. The molecule has 2 amide bonds. The van der Waals surface area contributed by atoms with Crippen LogP contribution in [0.1, 0.15) is 27.9 Å². The molecule has 3 rings (SSSR count). The van der Waals surface area contributed by atoms with E-state index in [1.807, 2.05) is 41.9 Å². The zero-order valence-electron chi connectivity index (χ0n) is 18.9. The molecule has 8 heteroatoms. The monoisotopic (exact) mass is 444 g/mol. The molecule has 0 fully saturated rings. The highest BCUT2D eigenvalue weighted by molar-refractivity contribution is 5.97. The van der Waals surface area contributed by atoms with Crippen LogP contribution in [0.5, 0.6) is 0 Å². The molecular formula is C25H28N6O2. The van der Waals surface area contributed by atoms with E-state index in [-0.39, 0.29) is 11.8 Å². The molecule has 0 atom stereocenters. The normalized spacial score (nSPS) is 10.6. The van der Waals surface area contributed by atoms with Gasteiger partial charge in [0.25, 0.3) is 5.91 Å². The van der Waals surface area contributed by atoms with Crippen molar-refractivity contribution in [3.05, 3.63) is 83.9 Å². The summed E-state index contributed by atoms with van der Waals surface area (Å²) in [5.41, 5.74) is 2.63. The zero-order valence-corrected chi connectivity index (χ0v) is 18.9. The van der Waals surface area contributed by atoms with Gasteiger partial charge < -0.3 is 19.7 Å². The highest BCUT2D eigenvalue weighted by Crippen LogP contribution is 2.16. The Kier molecular flexibility index (Phi) is 8.33. The number of nitrogens with one attached hydrogen (secondary N) is 1. The summed E-state index contributed by atoms with van der Waals surface area (Å²) in [6, 6.07) is 16.4. The highest BCUT2D eigenvalue weighted by atomic mass is 16.2. The standard InChI is InChI=1S/C25H28N6O2/c1-29(2)14-15-31(18-21-8-6-20(17-26)7-9-21)25(33)22-4-3-5-23(16-22)28-24(32)10-12-30-13-11-27-19-30/h3-9,11,13,16,19H,10,12,14-15,18H2,1-2H3,(H,28,32). The number of hydrogen-bond acceptors (Lipinski definition) is 5. The molecule has 8 nitrogen and oxygen atoms in total. The fourth-order valence-electron chi connectivity index (χ4n) is 3.26. The minimum Gasteiger partial charge on any atom is -0.337 e. The molecular weight excluding hydrogens is 416 g/mol. The largest absolute Gasteiger partial charge is 0.337 e. The summed E-state index contributed by atoms with van der Waals surface area (Å²) in [5.74, 6) is -0.244. The third-order valence-electron chi connectivity index (χ3n) is 5.11. The van der Waals surface area contributed by atoms with Crippen molar-refractivity contribution in [1.29, 1.82) is 5.26 Å². The second-order valence-corrected chi connectivity index (χ2v) is 8.02. The molecule has 0 aliphatic carbocycles. The lowest BCUT2D eigenvalue weighted by Crippen LogP contribution is -2.36. The number of likely N-dealkylation sites (N-methyl/N-ethyl adjacent to an activating group) is 1. The summed E-state index contributed by atoms with van der Waals surface area (Å²) in [6.45, 7) is 2.23. The number of aryl methyl sites for hydroxylation is 1. The molecule has 0 aliphatic heterocycles. The van der Waals surface area contributed by atoms with E-state index in [4.69, 9.17) is 5.26 Å². The van der Waals surface area contributed by atoms with Crippen LogP contribution in [0, 0.1) is 11.3 Å². The van der Waals surface area contributed by atoms with E-state index in [0.717, 1.165) is 5.56 Å². The van der Waals surface area contributed by atoms with Crippen LogP contribution in [-0.4, -0.2) is 58.4 Å². The summed E-state index contributed by atoms with van der Waals surface area (Å²) in [4.78, 5) is 33.4. The Labute approximate surface area is 194 Å². The molecule has 2 aromatic carbocycles. The van der Waals surface area contributed by atoms with Crippen LogP contribution in [0.25, 0.3) is 0 Å². The minimum absolute atomic E-state index is 0.115. The third-order valence-corrected chi connectivity index (χ3v) is 5.11. The maximum Gasteiger partial charge on any atom is 0.254 e. The number of rotatable bonds is 10. The van der Waals surface area contributed by atoms with Crippen LogP contribution in [0.3, 0.4) is 0 Å². The summed E-state index contributed by atoms with van der Waals surface area (Å²) < 4.78 is 1.84. The first-order valence-electron chi connectivity index (χ1n) is 10.7. The lowest BCUT2D eigenvalue weighted by Gasteiger charge is -2.25. The first kappa shape index (κ1) is 23.7. The Morgan fingerprint density at radius 1 is 1.12 bits per heavy atom. The Morgan fingerprint density at radius 2 is 1.91 bits per heavy atom. The van der Waals surface area contributed by atoms with Gasteiger partial charge in [0.2, 0.25) is 5.91 Å². The summed E-state index contributed by atoms with van der Waals surface area (Å²) in [5, 5.41) is 11.9. The number of carbonyl (C=O) groups excluding carboxylic acids is 2. The molecule has 0 bridgehead atoms. The molecule has 170 valence electrons. The molecule has 1 N–H and O–H groups in total. The number of imidazole rings is 1. The maximum atomic E-state index is 13.3. The second-order valence-electron chi connectivity index (χ2n) is 8.02. The molecule has 0 unspecified atom stereocenters. The molecule has 1 aromatic heterocycles. The number of hydrogen-bond donors (Lipinski definition) is 1. The van der Waals surface area contributed by atoms with Gasteiger partial charge in [-0.1, -0.05) is 18.2 Å². The number of carbonyl (C=O) groups is 2. The van der Waals surface area contributed by atoms with Crippen molar-refractivity contribution in [3.63, 3.8) is 0 Å². The van der Waals surface area contributed by atoms with E-state index < -0.39 is 0 Å². The SMILES string of the molecule is CN(C)CCN(Cc1ccc(C#N)cc1)C(=O)c1cccc(NC(=O)CCn2ccnc2)c1. The van der Waals surface area contributed by atoms with Crippen molar-refractivity contribution in [2.24, 2.45) is 0 Å². The van der Waals surface area contributed by atoms with Crippen molar-refractivity contribution in [3.8, 4) is 6.07 Å². The van der Waals surface area contributed by atoms with Crippen LogP contribution in [0.2, 0.25) is 0 Å². The van der Waals surface area contributed by atoms with Crippen molar-refractivity contribution in [2.75, 3.05) is 32.5 Å². The van der Waals surface area contributed by atoms with Crippen molar-refractivity contribution in [2.45, 2.75) is 19.5 Å². The van der Waals surface area contributed by atoms with E-state index in [1.165, 1.54) is 0 Å². The fraction of sp³-hybridized carbons (Fsp3) is 0.280. The van der Waals surface area contributed by atoms with Crippen LogP contribution >= 0.6 is 0 Å². The van der Waals surface area contributed by atoms with Crippen LogP contribution in [-0.2, 0) is 17.9 Å². The Morgan fingerprint density at radius 3 is 2.58 bits per heavy atom. The average molecular weight is 445 g/mol. The van der Waals surface area contributed by atoms with E-state index in [2.05, 4.69) is 16.4 Å². The van der Waals surface area contributed by atoms with Gasteiger partial charge in [0.1, 0.15) is 0 Å². The third kappa shape index (κ3) is 7.30. The number of amides is 2. The van der Waals surface area contributed by atoms with E-state index >= 15 is 0 Å². The number of nitrogens with zero attached hydrogens (tertiary/aromatic N) is 5. The van der Waals surface area contributed by atoms with Crippen molar-refractivity contribution in [1.82, 2.24) is 19.4 Å². The van der Waals surface area contributed by atoms with Gasteiger partial charge in [0.05, 0.1) is 18.0 Å². The lowest BCUT2D eigenvalue weighted by atomic mass is 10.1. The minimum atomic E-state index is -0.129. The average Bonchev–Trinajstić information content (AvgIpc) is 3.34. The first-order chi connectivity index (χ1) is 15.9. The number of benzene rings is 2.